The minimum absolute atomic E-state index is 0.333. The van der Waals surface area contributed by atoms with Crippen molar-refractivity contribution >= 4 is 17.3 Å². The fraction of sp³-hybridized carbons (Fsp3) is 0.333. The van der Waals surface area contributed by atoms with Crippen LogP contribution in [0.5, 0.6) is 5.75 Å². The highest BCUT2D eigenvalue weighted by atomic mass is 32.1. The summed E-state index contributed by atoms with van der Waals surface area (Å²) in [6.07, 6.45) is 1.56. The summed E-state index contributed by atoms with van der Waals surface area (Å²) >= 11 is 1.25. The normalized spacial score (nSPS) is 10.5. The van der Waals surface area contributed by atoms with E-state index in [1.165, 1.54) is 11.3 Å². The van der Waals surface area contributed by atoms with E-state index in [0.29, 0.717) is 17.2 Å². The summed E-state index contributed by atoms with van der Waals surface area (Å²) in [6.45, 7) is 4.35. The third-order valence-electron chi connectivity index (χ3n) is 2.92. The van der Waals surface area contributed by atoms with Crippen molar-refractivity contribution in [3.05, 3.63) is 45.4 Å². The minimum atomic E-state index is -0.901. The molecule has 4 nitrogen and oxygen atoms in total. The zero-order chi connectivity index (χ0) is 14.5. The lowest BCUT2D eigenvalue weighted by molar-refractivity contribution is 0.0701. The molecule has 0 aliphatic carbocycles. The summed E-state index contributed by atoms with van der Waals surface area (Å²) in [5.41, 5.74) is 1.71. The van der Waals surface area contributed by atoms with Crippen LogP contribution in [0.1, 0.15) is 32.4 Å². The van der Waals surface area contributed by atoms with Crippen molar-refractivity contribution in [2.45, 2.75) is 26.7 Å². The van der Waals surface area contributed by atoms with Crippen LogP contribution in [0.2, 0.25) is 0 Å². The van der Waals surface area contributed by atoms with E-state index in [1.54, 1.807) is 6.92 Å². The van der Waals surface area contributed by atoms with Gasteiger partial charge in [0.15, 0.2) is 0 Å². The molecule has 1 heterocycles. The zero-order valence-electron chi connectivity index (χ0n) is 11.5. The number of aromatic carboxylic acids is 1. The maximum Gasteiger partial charge on any atom is 0.347 e. The van der Waals surface area contributed by atoms with E-state index in [0.717, 1.165) is 29.2 Å². The van der Waals surface area contributed by atoms with Gasteiger partial charge in [0.25, 0.3) is 0 Å². The number of aromatic nitrogens is 1. The topological polar surface area (TPSA) is 59.4 Å². The third-order valence-corrected chi connectivity index (χ3v) is 4.13. The molecule has 20 heavy (non-hydrogen) atoms. The van der Waals surface area contributed by atoms with Gasteiger partial charge in [0.05, 0.1) is 17.3 Å². The number of ether oxygens (including phenoxy) is 1. The van der Waals surface area contributed by atoms with Gasteiger partial charge in [0.2, 0.25) is 0 Å². The highest BCUT2D eigenvalue weighted by Gasteiger charge is 2.13. The lowest BCUT2D eigenvalue weighted by atomic mass is 10.2. The maximum atomic E-state index is 10.9. The average Bonchev–Trinajstić information content (AvgIpc) is 2.78. The predicted molar refractivity (Wildman–Crippen MR) is 78.8 cm³/mol. The molecule has 2 rings (SSSR count). The van der Waals surface area contributed by atoms with Gasteiger partial charge in [-0.2, -0.15) is 0 Å². The predicted octanol–water partition coefficient (Wildman–Crippen LogP) is 3.47. The summed E-state index contributed by atoms with van der Waals surface area (Å²) in [5.74, 6) is -0.00328. The number of carboxylic acid groups (broad SMARTS) is 1. The number of para-hydroxylation sites is 1. The summed E-state index contributed by atoms with van der Waals surface area (Å²) in [6, 6.07) is 7.89. The molecule has 1 aromatic carbocycles. The monoisotopic (exact) mass is 291 g/mol. The molecule has 0 saturated carbocycles. The van der Waals surface area contributed by atoms with Crippen LogP contribution in [0.15, 0.2) is 24.3 Å². The zero-order valence-corrected chi connectivity index (χ0v) is 12.4. The highest BCUT2D eigenvalue weighted by molar-refractivity contribution is 7.13. The van der Waals surface area contributed by atoms with Gasteiger partial charge in [-0.05, 0) is 31.9 Å². The number of carbonyl (C=O) groups is 1. The second kappa shape index (κ2) is 6.52. The molecule has 0 bridgehead atoms. The Kier molecular flexibility index (Phi) is 4.74. The molecular weight excluding hydrogens is 274 g/mol. The van der Waals surface area contributed by atoms with E-state index < -0.39 is 5.97 Å². The first-order valence-corrected chi connectivity index (χ1v) is 7.27. The van der Waals surface area contributed by atoms with Crippen LogP contribution in [0.25, 0.3) is 0 Å². The van der Waals surface area contributed by atoms with Crippen LogP contribution < -0.4 is 4.74 Å². The first-order chi connectivity index (χ1) is 9.58. The van der Waals surface area contributed by atoms with Crippen molar-refractivity contribution in [3.63, 3.8) is 0 Å². The summed E-state index contributed by atoms with van der Waals surface area (Å²) in [4.78, 5) is 15.5. The molecule has 0 fully saturated rings. The van der Waals surface area contributed by atoms with Crippen LogP contribution in [0.4, 0.5) is 0 Å². The molecule has 1 N–H and O–H groups in total. The first kappa shape index (κ1) is 14.5. The SMILES string of the molecule is Cc1ccccc1OCCCc1nc(C)c(C(=O)O)s1. The first-order valence-electron chi connectivity index (χ1n) is 6.46. The Balaban J connectivity index is 1.83. The fourth-order valence-corrected chi connectivity index (χ4v) is 2.83. The lowest BCUT2D eigenvalue weighted by Crippen LogP contribution is -2.00. The van der Waals surface area contributed by atoms with Gasteiger partial charge in [0.1, 0.15) is 10.6 Å². The van der Waals surface area contributed by atoms with Crippen LogP contribution in [0.3, 0.4) is 0 Å². The molecule has 0 atom stereocenters. The van der Waals surface area contributed by atoms with Crippen LogP contribution >= 0.6 is 11.3 Å². The molecule has 0 amide bonds. The highest BCUT2D eigenvalue weighted by Crippen LogP contribution is 2.20. The lowest BCUT2D eigenvalue weighted by Gasteiger charge is -2.07. The van der Waals surface area contributed by atoms with Gasteiger partial charge in [-0.3, -0.25) is 0 Å². The number of carboxylic acids is 1. The molecule has 0 aliphatic rings. The molecular formula is C15H17NO3S. The van der Waals surface area contributed by atoms with Crippen molar-refractivity contribution in [3.8, 4) is 5.75 Å². The number of aryl methyl sites for hydroxylation is 3. The number of hydrogen-bond acceptors (Lipinski definition) is 4. The Labute approximate surface area is 122 Å². The number of nitrogens with zero attached hydrogens (tertiary/aromatic N) is 1. The second-order valence-electron chi connectivity index (χ2n) is 4.54. The van der Waals surface area contributed by atoms with E-state index in [2.05, 4.69) is 4.98 Å². The Morgan fingerprint density at radius 1 is 1.35 bits per heavy atom. The molecule has 0 unspecified atom stereocenters. The Hall–Kier alpha value is -1.88. The van der Waals surface area contributed by atoms with Crippen molar-refractivity contribution in [2.24, 2.45) is 0 Å². The largest absolute Gasteiger partial charge is 0.493 e. The van der Waals surface area contributed by atoms with Crippen LogP contribution in [0, 0.1) is 13.8 Å². The Morgan fingerprint density at radius 2 is 2.10 bits per heavy atom. The van der Waals surface area contributed by atoms with Gasteiger partial charge in [-0.15, -0.1) is 11.3 Å². The quantitative estimate of drug-likeness (QED) is 0.828. The van der Waals surface area contributed by atoms with E-state index in [1.807, 2.05) is 31.2 Å². The smallest absolute Gasteiger partial charge is 0.347 e. The van der Waals surface area contributed by atoms with E-state index in [4.69, 9.17) is 9.84 Å². The van der Waals surface area contributed by atoms with Crippen molar-refractivity contribution in [1.29, 1.82) is 0 Å². The van der Waals surface area contributed by atoms with Gasteiger partial charge < -0.3 is 9.84 Å². The standard InChI is InChI=1S/C15H17NO3S/c1-10-6-3-4-7-12(10)19-9-5-8-13-16-11(2)14(20-13)15(17)18/h3-4,6-7H,5,8-9H2,1-2H3,(H,17,18). The molecule has 0 spiro atoms. The minimum Gasteiger partial charge on any atom is -0.493 e. The van der Waals surface area contributed by atoms with Crippen molar-refractivity contribution in [1.82, 2.24) is 4.98 Å². The number of benzene rings is 1. The average molecular weight is 291 g/mol. The molecule has 2 aromatic rings. The Bertz CT molecular complexity index is 607. The summed E-state index contributed by atoms with van der Waals surface area (Å²) < 4.78 is 5.70. The molecule has 0 saturated heterocycles. The summed E-state index contributed by atoms with van der Waals surface area (Å²) in [7, 11) is 0. The maximum absolute atomic E-state index is 10.9. The van der Waals surface area contributed by atoms with Crippen molar-refractivity contribution < 1.29 is 14.6 Å². The molecule has 0 radical (unpaired) electrons. The van der Waals surface area contributed by atoms with Gasteiger partial charge in [-0.1, -0.05) is 18.2 Å². The van der Waals surface area contributed by atoms with Gasteiger partial charge >= 0.3 is 5.97 Å². The second-order valence-corrected chi connectivity index (χ2v) is 5.63. The third kappa shape index (κ3) is 3.57. The molecule has 5 heteroatoms. The number of rotatable bonds is 6. The van der Waals surface area contributed by atoms with E-state index >= 15 is 0 Å². The van der Waals surface area contributed by atoms with Crippen LogP contribution in [-0.2, 0) is 6.42 Å². The number of thiazole rings is 1. The Morgan fingerprint density at radius 3 is 2.75 bits per heavy atom. The van der Waals surface area contributed by atoms with Gasteiger partial charge in [0, 0.05) is 6.42 Å². The van der Waals surface area contributed by atoms with Crippen molar-refractivity contribution in [2.75, 3.05) is 6.61 Å². The van der Waals surface area contributed by atoms with Crippen LogP contribution in [-0.4, -0.2) is 22.7 Å². The van der Waals surface area contributed by atoms with E-state index in [-0.39, 0.29) is 0 Å². The van der Waals surface area contributed by atoms with E-state index in [9.17, 15) is 4.79 Å². The molecule has 1 aromatic heterocycles. The summed E-state index contributed by atoms with van der Waals surface area (Å²) in [5, 5.41) is 9.83. The molecule has 0 aliphatic heterocycles. The number of hydrogen-bond donors (Lipinski definition) is 1. The fourth-order valence-electron chi connectivity index (χ4n) is 1.88. The van der Waals surface area contributed by atoms with Gasteiger partial charge in [-0.25, -0.2) is 9.78 Å². The molecule has 106 valence electrons.